The average molecular weight is 330 g/mol. The van der Waals surface area contributed by atoms with E-state index in [4.69, 9.17) is 0 Å². The van der Waals surface area contributed by atoms with Gasteiger partial charge in [-0.2, -0.15) is 0 Å². The number of hydrogen-bond donors (Lipinski definition) is 0. The summed E-state index contributed by atoms with van der Waals surface area (Å²) >= 11 is 0. The smallest absolute Gasteiger partial charge is 0.318 e. The van der Waals surface area contributed by atoms with E-state index in [-0.39, 0.29) is 0 Å². The van der Waals surface area contributed by atoms with Gasteiger partial charge in [0.2, 0.25) is 0 Å². The van der Waals surface area contributed by atoms with Gasteiger partial charge in [-0.15, -0.1) is 5.54 Å². The molecule has 1 aromatic heterocycles. The van der Waals surface area contributed by atoms with E-state index < -0.39 is 15.5 Å². The molecular formula is C17H21BF2N2Si. The van der Waals surface area contributed by atoms with Crippen molar-refractivity contribution in [2.24, 2.45) is 4.99 Å². The first-order valence-corrected chi connectivity index (χ1v) is 11.1. The van der Waals surface area contributed by atoms with Gasteiger partial charge in [0.05, 0.1) is 11.4 Å². The lowest BCUT2D eigenvalue weighted by Gasteiger charge is -2.11. The van der Waals surface area contributed by atoms with Gasteiger partial charge < -0.3 is 4.48 Å². The number of halogens is 2. The molecule has 0 radical (unpaired) electrons. The first kappa shape index (κ1) is 17.5. The quantitative estimate of drug-likeness (QED) is 0.555. The van der Waals surface area contributed by atoms with Gasteiger partial charge in [-0.3, -0.25) is 13.6 Å². The Balaban J connectivity index is 2.57. The number of hydrogen-bond acceptors (Lipinski definition) is 1. The molecule has 2 rings (SSSR count). The van der Waals surface area contributed by atoms with Crippen molar-refractivity contribution in [3.8, 4) is 11.5 Å². The van der Waals surface area contributed by atoms with E-state index in [9.17, 15) is 8.63 Å². The minimum absolute atomic E-state index is 0.359. The van der Waals surface area contributed by atoms with Crippen molar-refractivity contribution in [1.82, 2.24) is 4.48 Å². The zero-order valence-corrected chi connectivity index (χ0v) is 15.5. The van der Waals surface area contributed by atoms with E-state index in [1.165, 1.54) is 0 Å². The van der Waals surface area contributed by atoms with Crippen molar-refractivity contribution in [2.75, 3.05) is 0 Å². The van der Waals surface area contributed by atoms with E-state index in [1.807, 2.05) is 26.8 Å². The molecule has 0 bridgehead atoms. The van der Waals surface area contributed by atoms with Crippen molar-refractivity contribution in [1.29, 1.82) is 0 Å². The molecule has 0 saturated carbocycles. The van der Waals surface area contributed by atoms with Crippen LogP contribution in [0.15, 0.2) is 34.5 Å². The Morgan fingerprint density at radius 3 is 2.35 bits per heavy atom. The van der Waals surface area contributed by atoms with Gasteiger partial charge in [-0.05, 0) is 50.1 Å². The molecule has 0 aliphatic carbocycles. The SMILES string of the molecule is CC1=CC(C)=N/C1=C(/C)c1ccc(C#C[Si](C)(C)C)n1B(F)F. The molecule has 6 heteroatoms. The molecule has 1 aromatic rings. The first-order chi connectivity index (χ1) is 10.6. The van der Waals surface area contributed by atoms with Gasteiger partial charge in [-0.25, -0.2) is 0 Å². The summed E-state index contributed by atoms with van der Waals surface area (Å²) in [4.78, 5) is 4.46. The highest BCUT2D eigenvalue weighted by Gasteiger charge is 2.25. The maximum atomic E-state index is 13.6. The van der Waals surface area contributed by atoms with E-state index in [2.05, 4.69) is 36.1 Å². The lowest BCUT2D eigenvalue weighted by atomic mass is 10.1. The average Bonchev–Trinajstić information content (AvgIpc) is 2.98. The Labute approximate surface area is 138 Å². The third-order valence-electron chi connectivity index (χ3n) is 3.51. The Kier molecular flexibility index (Phi) is 4.81. The van der Waals surface area contributed by atoms with E-state index in [0.29, 0.717) is 11.4 Å². The zero-order chi connectivity index (χ0) is 17.4. The predicted octanol–water partition coefficient (Wildman–Crippen LogP) is 4.64. The molecule has 23 heavy (non-hydrogen) atoms. The Morgan fingerprint density at radius 1 is 1.22 bits per heavy atom. The number of aliphatic imine (C=N–C) groups is 1. The van der Waals surface area contributed by atoms with Crippen LogP contribution in [0.25, 0.3) is 5.57 Å². The van der Waals surface area contributed by atoms with Crippen LogP contribution in [-0.4, -0.2) is 25.7 Å². The zero-order valence-electron chi connectivity index (χ0n) is 14.5. The molecule has 0 atom stereocenters. The van der Waals surface area contributed by atoms with E-state index >= 15 is 0 Å². The number of aromatic nitrogens is 1. The first-order valence-electron chi connectivity index (χ1n) is 7.58. The summed E-state index contributed by atoms with van der Waals surface area (Å²) in [5.74, 6) is 2.94. The molecule has 1 aliphatic heterocycles. The van der Waals surface area contributed by atoms with Crippen molar-refractivity contribution in [3.05, 3.63) is 40.9 Å². The number of allylic oxidation sites excluding steroid dienone is 3. The summed E-state index contributed by atoms with van der Waals surface area (Å²) in [5, 5.41) is 0. The predicted molar refractivity (Wildman–Crippen MR) is 97.5 cm³/mol. The molecule has 2 heterocycles. The summed E-state index contributed by atoms with van der Waals surface area (Å²) < 4.78 is 28.2. The third kappa shape index (κ3) is 3.91. The third-order valence-corrected chi connectivity index (χ3v) is 4.38. The summed E-state index contributed by atoms with van der Waals surface area (Å²) in [6.07, 6.45) is 1.96. The fourth-order valence-electron chi connectivity index (χ4n) is 2.50. The fourth-order valence-corrected chi connectivity index (χ4v) is 3.00. The minimum atomic E-state index is -2.63. The standard InChI is InChI=1S/C17H21BF2N2Si/c1-12-11-13(2)21-17(12)14(3)16-8-7-15(22(16)18(19)20)9-10-23(4,5)6/h7-8,11H,1-6H3/b17-14-. The van der Waals surface area contributed by atoms with Crippen molar-refractivity contribution < 1.29 is 8.63 Å². The van der Waals surface area contributed by atoms with Crippen molar-refractivity contribution in [3.63, 3.8) is 0 Å². The topological polar surface area (TPSA) is 17.3 Å². The van der Waals surface area contributed by atoms with Crippen molar-refractivity contribution >= 4 is 26.8 Å². The monoisotopic (exact) mass is 330 g/mol. The van der Waals surface area contributed by atoms with Crippen molar-refractivity contribution in [2.45, 2.75) is 40.4 Å². The molecule has 120 valence electrons. The van der Waals surface area contributed by atoms with Gasteiger partial charge in [0.1, 0.15) is 8.07 Å². The van der Waals surface area contributed by atoms with Crippen LogP contribution in [0.4, 0.5) is 8.63 Å². The lowest BCUT2D eigenvalue weighted by Crippen LogP contribution is -2.19. The normalized spacial score (nSPS) is 16.5. The molecule has 1 aliphatic rings. The second kappa shape index (κ2) is 6.33. The van der Waals surface area contributed by atoms with Crippen LogP contribution >= 0.6 is 0 Å². The summed E-state index contributed by atoms with van der Waals surface area (Å²) in [6.45, 7) is 12.0. The van der Waals surface area contributed by atoms with Gasteiger partial charge in [0.25, 0.3) is 0 Å². The fraction of sp³-hybridized carbons (Fsp3) is 0.353. The molecule has 2 nitrogen and oxygen atoms in total. The highest BCUT2D eigenvalue weighted by molar-refractivity contribution is 6.83. The Hall–Kier alpha value is -1.87. The van der Waals surface area contributed by atoms with Gasteiger partial charge >= 0.3 is 7.40 Å². The summed E-state index contributed by atoms with van der Waals surface area (Å²) in [5.41, 5.74) is 7.39. The van der Waals surface area contributed by atoms with Crippen LogP contribution in [-0.2, 0) is 0 Å². The largest absolute Gasteiger partial charge is 0.678 e. The van der Waals surface area contributed by atoms with Gasteiger partial charge in [0.15, 0.2) is 0 Å². The maximum Gasteiger partial charge on any atom is 0.678 e. The Bertz CT molecular complexity index is 784. The van der Waals surface area contributed by atoms with Crippen LogP contribution < -0.4 is 0 Å². The second-order valence-electron chi connectivity index (χ2n) is 6.81. The maximum absolute atomic E-state index is 13.6. The highest BCUT2D eigenvalue weighted by Crippen LogP contribution is 2.29. The van der Waals surface area contributed by atoms with Crippen LogP contribution in [0.3, 0.4) is 0 Å². The van der Waals surface area contributed by atoms with Crippen LogP contribution in [0, 0.1) is 11.5 Å². The molecule has 0 amide bonds. The van der Waals surface area contributed by atoms with E-state index in [1.54, 1.807) is 12.1 Å². The highest BCUT2D eigenvalue weighted by atomic mass is 28.3. The molecule has 0 aromatic carbocycles. The number of rotatable bonds is 2. The lowest BCUT2D eigenvalue weighted by molar-refractivity contribution is 0.626. The minimum Gasteiger partial charge on any atom is -0.318 e. The van der Waals surface area contributed by atoms with Crippen LogP contribution in [0.2, 0.25) is 19.6 Å². The number of nitrogens with zero attached hydrogens (tertiary/aromatic N) is 2. The van der Waals surface area contributed by atoms with Crippen LogP contribution in [0.5, 0.6) is 0 Å². The molecular weight excluding hydrogens is 309 g/mol. The second-order valence-corrected chi connectivity index (χ2v) is 11.6. The molecule has 0 spiro atoms. The molecule has 0 fully saturated rings. The summed E-state index contributed by atoms with van der Waals surface area (Å²) in [7, 11) is -4.25. The van der Waals surface area contributed by atoms with Gasteiger partial charge in [-0.1, -0.05) is 25.6 Å². The van der Waals surface area contributed by atoms with Crippen LogP contribution in [0.1, 0.15) is 32.2 Å². The van der Waals surface area contributed by atoms with Gasteiger partial charge in [0, 0.05) is 11.4 Å². The molecule has 0 unspecified atom stereocenters. The summed E-state index contributed by atoms with van der Waals surface area (Å²) in [6, 6.07) is 3.38. The molecule has 0 N–H and O–H groups in total. The molecule has 0 saturated heterocycles. The Morgan fingerprint density at radius 2 is 1.87 bits per heavy atom. The van der Waals surface area contributed by atoms with E-state index in [0.717, 1.165) is 27.0 Å².